The van der Waals surface area contributed by atoms with Crippen LogP contribution in [0.25, 0.3) is 10.8 Å². The summed E-state index contributed by atoms with van der Waals surface area (Å²) in [7, 11) is 0. The number of halogens is 1. The van der Waals surface area contributed by atoms with Crippen LogP contribution < -0.4 is 14.9 Å². The summed E-state index contributed by atoms with van der Waals surface area (Å²) in [6.45, 7) is -0.112. The van der Waals surface area contributed by atoms with E-state index in [1.165, 1.54) is 30.6 Å². The molecule has 0 radical (unpaired) electrons. The maximum Gasteiger partial charge on any atom is 0.305 e. The van der Waals surface area contributed by atoms with E-state index < -0.39 is 0 Å². The number of ether oxygens (including phenoxy) is 1. The number of rotatable bonds is 5. The van der Waals surface area contributed by atoms with Crippen molar-refractivity contribution in [2.24, 2.45) is 17.8 Å². The first kappa shape index (κ1) is 23.4. The Morgan fingerprint density at radius 3 is 2.78 bits per heavy atom. The summed E-state index contributed by atoms with van der Waals surface area (Å²) in [4.78, 5) is 29.4. The Morgan fingerprint density at radius 2 is 1.89 bits per heavy atom. The first-order valence-corrected chi connectivity index (χ1v) is 14.7. The number of nitrogens with one attached hydrogen (secondary N) is 2. The van der Waals surface area contributed by atoms with Crippen molar-refractivity contribution in [3.05, 3.63) is 85.8 Å². The number of amides is 1. The predicted molar refractivity (Wildman–Crippen MR) is 150 cm³/mol. The molecule has 2 N–H and O–H groups in total. The second kappa shape index (κ2) is 9.22. The van der Waals surface area contributed by atoms with Gasteiger partial charge in [-0.15, -0.1) is 11.8 Å². The number of thiazole rings is 1. The van der Waals surface area contributed by atoms with Gasteiger partial charge in [0.1, 0.15) is 5.75 Å². The van der Waals surface area contributed by atoms with Gasteiger partial charge in [0.05, 0.1) is 5.03 Å². The van der Waals surface area contributed by atoms with Crippen LogP contribution in [0.4, 0.5) is 5.69 Å². The van der Waals surface area contributed by atoms with Gasteiger partial charge in [0.25, 0.3) is 5.91 Å². The molecule has 1 aromatic heterocycles. The van der Waals surface area contributed by atoms with Gasteiger partial charge in [0.2, 0.25) is 0 Å². The number of anilines is 1. The lowest BCUT2D eigenvalue weighted by molar-refractivity contribution is -0.118. The fourth-order valence-corrected chi connectivity index (χ4v) is 9.76. The number of thioether (sulfide) groups is 1. The van der Waals surface area contributed by atoms with Crippen molar-refractivity contribution in [3.8, 4) is 5.75 Å². The molecule has 2 bridgehead atoms. The van der Waals surface area contributed by atoms with E-state index >= 15 is 0 Å². The van der Waals surface area contributed by atoms with E-state index in [2.05, 4.69) is 10.3 Å². The zero-order valence-corrected chi connectivity index (χ0v) is 22.3. The Morgan fingerprint density at radius 1 is 1.05 bits per heavy atom. The largest absolute Gasteiger partial charge is 0.483 e. The van der Waals surface area contributed by atoms with E-state index in [1.54, 1.807) is 6.07 Å². The summed E-state index contributed by atoms with van der Waals surface area (Å²) < 4.78 is 6.16. The quantitative estimate of drug-likeness (QED) is 0.284. The number of carbonyl (C=O) groups is 1. The number of benzene rings is 3. The topological polar surface area (TPSA) is 71.2 Å². The fourth-order valence-electron chi connectivity index (χ4n) is 6.70. The number of aromatic amines is 1. The first-order valence-electron chi connectivity index (χ1n) is 12.6. The molecule has 4 aromatic rings. The van der Waals surface area contributed by atoms with Gasteiger partial charge >= 0.3 is 4.87 Å². The smallest absolute Gasteiger partial charge is 0.305 e. The van der Waals surface area contributed by atoms with Crippen LogP contribution in [-0.2, 0) is 4.79 Å². The van der Waals surface area contributed by atoms with Gasteiger partial charge in [-0.2, -0.15) is 0 Å². The highest BCUT2D eigenvalue weighted by Gasteiger charge is 2.55. The Bertz CT molecular complexity index is 1580. The monoisotopic (exact) mass is 548 g/mol. The maximum atomic E-state index is 12.9. The van der Waals surface area contributed by atoms with Gasteiger partial charge in [0.15, 0.2) is 6.61 Å². The number of H-pyrrole nitrogens is 1. The molecule has 37 heavy (non-hydrogen) atoms. The van der Waals surface area contributed by atoms with Gasteiger partial charge in [0, 0.05) is 32.3 Å². The predicted octanol–water partition coefficient (Wildman–Crippen LogP) is 6.91. The molecule has 188 valence electrons. The third kappa shape index (κ3) is 4.17. The molecule has 5 atom stereocenters. The third-order valence-corrected chi connectivity index (χ3v) is 11.0. The van der Waals surface area contributed by atoms with Crippen LogP contribution in [0.3, 0.4) is 0 Å². The Hall–Kier alpha value is -2.74. The van der Waals surface area contributed by atoms with Crippen molar-refractivity contribution in [2.45, 2.75) is 35.5 Å². The summed E-state index contributed by atoms with van der Waals surface area (Å²) in [5.74, 6) is 2.24. The lowest BCUT2D eigenvalue weighted by atomic mass is 9.74. The van der Waals surface area contributed by atoms with Crippen molar-refractivity contribution in [2.75, 3.05) is 11.9 Å². The third-order valence-electron chi connectivity index (χ3n) is 8.16. The van der Waals surface area contributed by atoms with E-state index in [-0.39, 0.29) is 23.3 Å². The summed E-state index contributed by atoms with van der Waals surface area (Å²) in [6.07, 6.45) is 3.76. The molecular formula is C29H25ClN2O3S2. The molecule has 7 rings (SSSR count). The molecule has 0 spiro atoms. The van der Waals surface area contributed by atoms with E-state index in [9.17, 15) is 9.59 Å². The van der Waals surface area contributed by atoms with Crippen LogP contribution >= 0.6 is 34.7 Å². The lowest BCUT2D eigenvalue weighted by Crippen LogP contribution is -2.34. The van der Waals surface area contributed by atoms with Gasteiger partial charge in [-0.05, 0) is 78.1 Å². The average molecular weight is 549 g/mol. The van der Waals surface area contributed by atoms with E-state index in [0.29, 0.717) is 33.8 Å². The highest BCUT2D eigenvalue weighted by Crippen LogP contribution is 2.64. The van der Waals surface area contributed by atoms with Crippen LogP contribution in [-0.4, -0.2) is 22.7 Å². The Labute approximate surface area is 227 Å². The number of carbonyl (C=O) groups excluding carboxylic acids is 1. The minimum Gasteiger partial charge on any atom is -0.483 e. The van der Waals surface area contributed by atoms with Crippen molar-refractivity contribution in [1.82, 2.24) is 4.98 Å². The van der Waals surface area contributed by atoms with Gasteiger partial charge in [-0.1, -0.05) is 53.3 Å². The molecule has 0 saturated heterocycles. The molecular weight excluding hydrogens is 524 g/mol. The summed E-state index contributed by atoms with van der Waals surface area (Å²) in [5, 5.41) is 7.26. The summed E-state index contributed by atoms with van der Waals surface area (Å²) in [5.41, 5.74) is 1.71. The minimum absolute atomic E-state index is 0.0194. The Kier molecular flexibility index (Phi) is 5.83. The standard InChI is InChI=1S/C29H25ClN2O3S2/c30-19-8-10-22(35-14-23(33)31-20-9-7-15-3-1-2-4-16(15)12-20)21(13-19)25-24-17-5-6-18(11-17)26(24)36-28-27(25)37-29(34)32-28/h1-4,7-10,12-13,17-18,24-26H,5-6,11,14H2,(H,31,33)(H,32,34)/t17?,18?,24?,25-,26?/m1/s1. The second-order valence-electron chi connectivity index (χ2n) is 10.3. The van der Waals surface area contributed by atoms with Crippen LogP contribution in [0.1, 0.15) is 35.6 Å². The molecule has 3 aliphatic rings. The van der Waals surface area contributed by atoms with E-state index in [0.717, 1.165) is 31.9 Å². The molecule has 1 aliphatic heterocycles. The molecule has 2 heterocycles. The number of hydrogen-bond donors (Lipinski definition) is 2. The van der Waals surface area contributed by atoms with Gasteiger partial charge in [-0.25, -0.2) is 0 Å². The molecule has 5 nitrogen and oxygen atoms in total. The molecule has 8 heteroatoms. The van der Waals surface area contributed by atoms with Crippen LogP contribution in [0, 0.1) is 17.8 Å². The zero-order chi connectivity index (χ0) is 25.1. The number of fused-ring (bicyclic) bond motifs is 7. The van der Waals surface area contributed by atoms with Crippen LogP contribution in [0.15, 0.2) is 70.5 Å². The molecule has 2 saturated carbocycles. The van der Waals surface area contributed by atoms with Crippen molar-refractivity contribution >= 4 is 57.1 Å². The summed E-state index contributed by atoms with van der Waals surface area (Å²) >= 11 is 9.66. The molecule has 1 amide bonds. The normalized spacial score (nSPS) is 25.6. The molecule has 3 aromatic carbocycles. The lowest BCUT2D eigenvalue weighted by Gasteiger charge is -2.40. The SMILES string of the molecule is O=C(COc1ccc(Cl)cc1[C@H]1c2sc(=O)[nH]c2SC2C3CCC(C3)C21)Nc1ccc2ccccc2c1. The van der Waals surface area contributed by atoms with Crippen molar-refractivity contribution < 1.29 is 9.53 Å². The maximum absolute atomic E-state index is 12.9. The number of aromatic nitrogens is 1. The van der Waals surface area contributed by atoms with Gasteiger partial charge in [-0.3, -0.25) is 9.59 Å². The second-order valence-corrected chi connectivity index (χ2v) is 12.9. The zero-order valence-electron chi connectivity index (χ0n) is 19.9. The van der Waals surface area contributed by atoms with Crippen molar-refractivity contribution in [1.29, 1.82) is 0 Å². The summed E-state index contributed by atoms with van der Waals surface area (Å²) in [6, 6.07) is 19.5. The van der Waals surface area contributed by atoms with Crippen LogP contribution in [0.5, 0.6) is 5.75 Å². The highest BCUT2D eigenvalue weighted by molar-refractivity contribution is 8.00. The molecule has 2 aliphatic carbocycles. The minimum atomic E-state index is -0.222. The molecule has 2 fully saturated rings. The Balaban J connectivity index is 1.17. The van der Waals surface area contributed by atoms with E-state index in [1.807, 2.05) is 66.4 Å². The average Bonchev–Trinajstić information content (AvgIpc) is 3.61. The van der Waals surface area contributed by atoms with Crippen molar-refractivity contribution in [3.63, 3.8) is 0 Å². The van der Waals surface area contributed by atoms with Gasteiger partial charge < -0.3 is 15.0 Å². The first-order chi connectivity index (χ1) is 18.0. The van der Waals surface area contributed by atoms with E-state index in [4.69, 9.17) is 16.3 Å². The fraction of sp³-hybridized carbons (Fsp3) is 0.310. The van der Waals surface area contributed by atoms with Crippen LogP contribution in [0.2, 0.25) is 5.02 Å². The number of hydrogen-bond acceptors (Lipinski definition) is 5. The molecule has 4 unspecified atom stereocenters. The highest BCUT2D eigenvalue weighted by atomic mass is 35.5.